The largest absolute Gasteiger partial charge is 0.480 e. The molecule has 21 nitrogen and oxygen atoms in total. The van der Waals surface area contributed by atoms with E-state index in [-0.39, 0.29) is 48.6 Å². The van der Waals surface area contributed by atoms with Crippen molar-refractivity contribution in [3.05, 3.63) is 98.6 Å². The molecule has 0 saturated carbocycles. The van der Waals surface area contributed by atoms with Crippen LogP contribution in [0.1, 0.15) is 104 Å². The summed E-state index contributed by atoms with van der Waals surface area (Å²) in [6.07, 6.45) is 11.8. The van der Waals surface area contributed by atoms with Gasteiger partial charge in [-0.2, -0.15) is 0 Å². The molecule has 1 aliphatic carbocycles. The zero-order valence-corrected chi connectivity index (χ0v) is 44.1. The molecule has 5 aliphatic heterocycles. The summed E-state index contributed by atoms with van der Waals surface area (Å²) in [4.78, 5) is 112. The number of hydrogen-bond acceptors (Lipinski definition) is 17. The number of rotatable bonds is 13. The molecule has 1 aromatic carbocycles. The number of nitrogens with one attached hydrogen (secondary N) is 1. The molecule has 76 heavy (non-hydrogen) atoms. The Morgan fingerprint density at radius 1 is 0.789 bits per heavy atom. The Hall–Kier alpha value is -6.65. The first-order valence-electron chi connectivity index (χ1n) is 25.8. The van der Waals surface area contributed by atoms with Gasteiger partial charge in [-0.3, -0.25) is 48.1 Å². The lowest BCUT2D eigenvalue weighted by atomic mass is 9.92. The predicted octanol–water partition coefficient (Wildman–Crippen LogP) is 5.67. The lowest BCUT2D eigenvalue weighted by molar-refractivity contribution is -0.155. The SMILES string of the molecule is COc1ncc(-c2ccnc(N3CCc4c(sc5c4CCCC5)C3=O)c2CO)cc1Nc1ccc(N2CCN(C3CCN(c4ccc5c(c4)C(=O)N(C4CCC(=O)N(COP(=O)(O)O)C4=O)C5=O)[C@@H](C)C3)C[C@@H]2C)cn1. The molecule has 11 rings (SSSR count). The number of aliphatic hydroxyl groups is 1. The van der Waals surface area contributed by atoms with Crippen LogP contribution in [0.5, 0.6) is 5.88 Å². The van der Waals surface area contributed by atoms with Crippen molar-refractivity contribution in [1.29, 1.82) is 0 Å². The van der Waals surface area contributed by atoms with Gasteiger partial charge in [0.2, 0.25) is 11.8 Å². The number of aromatic nitrogens is 3. The average molecular weight is 1080 g/mol. The number of aryl methyl sites for hydroxylation is 1. The standard InChI is InChI=1S/C53H59N10O11PS/c1-30-22-33(15-18-59(30)34-8-10-39-40(24-34)51(67)63(50(39)66)43-11-13-46(65)62(52(43)68)29-74-75(70,71)72)58-20-21-60(31(2)27-58)35-9-12-45(55-26-35)57-42-23-32(25-56-49(42)73-3)36-14-17-54-48(41(36)28-64)61-19-16-38-37-6-4-5-7-44(37)76-47(38)53(61)69/h8-10,12,14,17,23-26,30-31,33,43,64H,4-7,11,13,15-16,18-22,27-29H2,1-3H3,(H,55,57)(H2,70,71,72)/t30-,31-,33?,43?/m0/s1. The van der Waals surface area contributed by atoms with E-state index in [1.807, 2.05) is 30.5 Å². The van der Waals surface area contributed by atoms with E-state index in [0.717, 1.165) is 85.7 Å². The van der Waals surface area contributed by atoms with E-state index in [1.54, 1.807) is 47.9 Å². The first kappa shape index (κ1) is 51.5. The van der Waals surface area contributed by atoms with Gasteiger partial charge in [-0.1, -0.05) is 0 Å². The Kier molecular flexibility index (Phi) is 14.0. The van der Waals surface area contributed by atoms with E-state index in [4.69, 9.17) is 19.5 Å². The summed E-state index contributed by atoms with van der Waals surface area (Å²) in [6.45, 7) is 6.76. The monoisotopic (exact) mass is 1070 g/mol. The lowest BCUT2D eigenvalue weighted by Crippen LogP contribution is -2.58. The molecular formula is C53H59N10O11PS. The highest BCUT2D eigenvalue weighted by Crippen LogP contribution is 2.42. The molecule has 4 N–H and O–H groups in total. The number of anilines is 5. The van der Waals surface area contributed by atoms with Gasteiger partial charge in [0.25, 0.3) is 23.6 Å². The number of hydrogen-bond donors (Lipinski definition) is 4. The number of piperazine rings is 1. The highest BCUT2D eigenvalue weighted by atomic mass is 32.1. The van der Waals surface area contributed by atoms with Crippen LogP contribution in [-0.2, 0) is 44.5 Å². The summed E-state index contributed by atoms with van der Waals surface area (Å²) in [6, 6.07) is 12.1. The van der Waals surface area contributed by atoms with Crippen molar-refractivity contribution in [3.63, 3.8) is 0 Å². The van der Waals surface area contributed by atoms with Crippen LogP contribution in [0, 0.1) is 0 Å². The first-order valence-corrected chi connectivity index (χ1v) is 28.1. The number of phosphoric ester groups is 1. The van der Waals surface area contributed by atoms with Crippen LogP contribution in [0.2, 0.25) is 0 Å². The van der Waals surface area contributed by atoms with Gasteiger partial charge in [0.15, 0.2) is 0 Å². The Morgan fingerprint density at radius 3 is 2.33 bits per heavy atom. The molecule has 0 radical (unpaired) electrons. The van der Waals surface area contributed by atoms with Gasteiger partial charge < -0.3 is 34.7 Å². The van der Waals surface area contributed by atoms with Crippen LogP contribution in [-0.4, -0.2) is 145 Å². The lowest BCUT2D eigenvalue weighted by Gasteiger charge is -2.48. The van der Waals surface area contributed by atoms with Crippen LogP contribution in [0.4, 0.5) is 28.7 Å². The molecule has 4 aromatic heterocycles. The second kappa shape index (κ2) is 20.7. The van der Waals surface area contributed by atoms with Crippen molar-refractivity contribution in [2.75, 3.05) is 66.6 Å². The number of pyridine rings is 3. The van der Waals surface area contributed by atoms with Gasteiger partial charge >= 0.3 is 7.82 Å². The normalized spacial score (nSPS) is 22.3. The van der Waals surface area contributed by atoms with E-state index in [1.165, 1.54) is 16.0 Å². The minimum absolute atomic E-state index is 0.0625. The molecule has 5 aromatic rings. The minimum atomic E-state index is -5.01. The van der Waals surface area contributed by atoms with Gasteiger partial charge in [-0.15, -0.1) is 11.3 Å². The van der Waals surface area contributed by atoms with E-state index < -0.39 is 44.2 Å². The van der Waals surface area contributed by atoms with Gasteiger partial charge in [-0.25, -0.2) is 19.5 Å². The Labute approximate surface area is 442 Å². The molecule has 6 aliphatic rings. The van der Waals surface area contributed by atoms with Crippen LogP contribution < -0.4 is 24.8 Å². The van der Waals surface area contributed by atoms with E-state index in [9.17, 15) is 33.6 Å². The number of likely N-dealkylation sites (tertiary alicyclic amines) is 1. The third kappa shape index (κ3) is 9.53. The van der Waals surface area contributed by atoms with Crippen LogP contribution in [0.3, 0.4) is 0 Å². The summed E-state index contributed by atoms with van der Waals surface area (Å²) in [5.41, 5.74) is 7.18. The van der Waals surface area contributed by atoms with Crippen molar-refractivity contribution >= 4 is 77.4 Å². The Morgan fingerprint density at radius 2 is 1.58 bits per heavy atom. The number of fused-ring (bicyclic) bond motifs is 4. The first-order chi connectivity index (χ1) is 36.6. The third-order valence-corrected chi connectivity index (χ3v) is 17.6. The molecule has 3 saturated heterocycles. The highest BCUT2D eigenvalue weighted by molar-refractivity contribution is 7.46. The van der Waals surface area contributed by atoms with Crippen molar-refractivity contribution in [1.82, 2.24) is 29.7 Å². The smallest absolute Gasteiger partial charge is 0.471 e. The van der Waals surface area contributed by atoms with Gasteiger partial charge in [-0.05, 0) is 124 Å². The van der Waals surface area contributed by atoms with Crippen LogP contribution in [0.15, 0.2) is 61.1 Å². The highest BCUT2D eigenvalue weighted by Gasteiger charge is 2.48. The molecule has 5 amide bonds. The number of nitrogens with zero attached hydrogens (tertiary/aromatic N) is 9. The quantitative estimate of drug-likeness (QED) is 0.0818. The van der Waals surface area contributed by atoms with Crippen molar-refractivity contribution in [3.8, 4) is 17.0 Å². The number of benzene rings is 1. The molecule has 398 valence electrons. The maximum absolute atomic E-state index is 14.0. The number of phosphoric acid groups is 1. The zero-order chi connectivity index (χ0) is 53.2. The van der Waals surface area contributed by atoms with Crippen molar-refractivity contribution in [2.24, 2.45) is 0 Å². The summed E-state index contributed by atoms with van der Waals surface area (Å²) >= 11 is 1.62. The maximum atomic E-state index is 14.0. The van der Waals surface area contributed by atoms with Crippen molar-refractivity contribution in [2.45, 2.75) is 102 Å². The van der Waals surface area contributed by atoms with Crippen LogP contribution in [0.25, 0.3) is 11.1 Å². The molecular weight excluding hydrogens is 1020 g/mol. The number of thiophene rings is 1. The summed E-state index contributed by atoms with van der Waals surface area (Å²) < 4.78 is 21.4. The van der Waals surface area contributed by atoms with E-state index in [0.29, 0.717) is 63.9 Å². The summed E-state index contributed by atoms with van der Waals surface area (Å²) in [5, 5.41) is 14.2. The number of carbonyl (C=O) groups excluding carboxylic acids is 5. The second-order valence-corrected chi connectivity index (χ2v) is 22.6. The summed E-state index contributed by atoms with van der Waals surface area (Å²) in [5.74, 6) is -1.65. The average Bonchev–Trinajstić information content (AvgIpc) is 3.99. The molecule has 9 heterocycles. The summed E-state index contributed by atoms with van der Waals surface area (Å²) in [7, 11) is -3.45. The fourth-order valence-corrected chi connectivity index (χ4v) is 13.7. The number of aliphatic hydroxyl groups excluding tert-OH is 1. The number of methoxy groups -OCH3 is 1. The van der Waals surface area contributed by atoms with E-state index >= 15 is 0 Å². The van der Waals surface area contributed by atoms with Gasteiger partial charge in [0, 0.05) is 91.4 Å². The molecule has 23 heteroatoms. The Bertz CT molecular complexity index is 3210. The number of amides is 5. The fourth-order valence-electron chi connectivity index (χ4n) is 12.1. The molecule has 0 bridgehead atoms. The number of carbonyl (C=O) groups is 5. The second-order valence-electron chi connectivity index (χ2n) is 20.3. The molecule has 4 atom stereocenters. The number of piperidine rings is 2. The number of ether oxygens (including phenoxy) is 1. The maximum Gasteiger partial charge on any atom is 0.471 e. The Balaban J connectivity index is 0.711. The number of imide groups is 2. The minimum Gasteiger partial charge on any atom is -0.480 e. The predicted molar refractivity (Wildman–Crippen MR) is 282 cm³/mol. The molecule has 3 fully saturated rings. The fraction of sp³-hybridized carbons (Fsp3) is 0.434. The van der Waals surface area contributed by atoms with Gasteiger partial charge in [0.05, 0.1) is 41.6 Å². The zero-order valence-electron chi connectivity index (χ0n) is 42.4. The van der Waals surface area contributed by atoms with E-state index in [2.05, 4.69) is 54.4 Å². The van der Waals surface area contributed by atoms with Gasteiger partial charge in [0.1, 0.15) is 30.1 Å². The van der Waals surface area contributed by atoms with Crippen LogP contribution >= 0.6 is 19.2 Å². The topological polar surface area (TPSA) is 252 Å². The molecule has 2 unspecified atom stereocenters. The van der Waals surface area contributed by atoms with Crippen molar-refractivity contribution < 1.29 is 52.7 Å². The third-order valence-electron chi connectivity index (χ3n) is 15.9. The molecule has 0 spiro atoms.